The summed E-state index contributed by atoms with van der Waals surface area (Å²) in [6.07, 6.45) is -1.53. The zero-order valence-corrected chi connectivity index (χ0v) is 10.7. The van der Waals surface area contributed by atoms with E-state index in [0.29, 0.717) is 10.9 Å². The maximum atomic E-state index is 11.9. The second kappa shape index (κ2) is 4.05. The predicted octanol–water partition coefficient (Wildman–Crippen LogP) is 1.24. The Morgan fingerprint density at radius 1 is 1.35 bits per heavy atom. The Balaban J connectivity index is 2.39. The van der Waals surface area contributed by atoms with Crippen LogP contribution in [0.4, 0.5) is 4.79 Å². The summed E-state index contributed by atoms with van der Waals surface area (Å²) in [5.41, 5.74) is 2.40. The van der Waals surface area contributed by atoms with E-state index in [2.05, 4.69) is 19.8 Å². The number of H-pyrrole nitrogens is 1. The fourth-order valence-electron chi connectivity index (χ4n) is 2.00. The van der Waals surface area contributed by atoms with Crippen LogP contribution in [0.15, 0.2) is 16.9 Å². The van der Waals surface area contributed by atoms with E-state index in [-0.39, 0.29) is 11.7 Å². The van der Waals surface area contributed by atoms with Gasteiger partial charge in [0.25, 0.3) is 0 Å². The molecule has 1 aromatic carbocycles. The molecule has 3 aromatic rings. The molecule has 8 nitrogen and oxygen atoms in total. The van der Waals surface area contributed by atoms with Gasteiger partial charge in [0.1, 0.15) is 0 Å². The highest BCUT2D eigenvalue weighted by molar-refractivity contribution is 5.92. The molecule has 2 aromatic heterocycles. The number of nitrogens with one attached hydrogen (secondary N) is 1. The van der Waals surface area contributed by atoms with Gasteiger partial charge in [-0.05, 0) is 37.1 Å². The fraction of sp³-hybridized carbons (Fsp3) is 0.167. The molecule has 0 amide bonds. The summed E-state index contributed by atoms with van der Waals surface area (Å²) in [7, 11) is 0. The lowest BCUT2D eigenvalue weighted by atomic mass is 10.1. The summed E-state index contributed by atoms with van der Waals surface area (Å²) in [4.78, 5) is 29.0. The number of aromatic amines is 1. The second-order valence-corrected chi connectivity index (χ2v) is 4.41. The van der Waals surface area contributed by atoms with E-state index in [1.807, 2.05) is 26.0 Å². The molecule has 0 bridgehead atoms. The van der Waals surface area contributed by atoms with Crippen molar-refractivity contribution in [3.8, 4) is 6.01 Å². The molecule has 0 aliphatic rings. The van der Waals surface area contributed by atoms with Crippen molar-refractivity contribution in [2.45, 2.75) is 13.8 Å². The number of hydrogen-bond donors (Lipinski definition) is 2. The molecule has 0 spiro atoms. The summed E-state index contributed by atoms with van der Waals surface area (Å²) in [5, 5.41) is 12.9. The molecule has 0 fully saturated rings. The van der Waals surface area contributed by atoms with Gasteiger partial charge in [0.2, 0.25) is 0 Å². The van der Waals surface area contributed by atoms with Gasteiger partial charge >= 0.3 is 17.9 Å². The fourth-order valence-corrected chi connectivity index (χ4v) is 2.00. The topological polar surface area (TPSA) is 110 Å². The van der Waals surface area contributed by atoms with Crippen molar-refractivity contribution in [1.29, 1.82) is 0 Å². The molecule has 0 saturated heterocycles. The second-order valence-electron chi connectivity index (χ2n) is 4.41. The van der Waals surface area contributed by atoms with E-state index >= 15 is 0 Å². The van der Waals surface area contributed by atoms with Crippen molar-refractivity contribution in [2.75, 3.05) is 0 Å². The zero-order chi connectivity index (χ0) is 14.4. The molecule has 0 radical (unpaired) electrons. The number of nitrogens with zero attached hydrogens (tertiary/aromatic N) is 3. The first-order valence-electron chi connectivity index (χ1n) is 5.76. The minimum atomic E-state index is -1.53. The van der Waals surface area contributed by atoms with Crippen molar-refractivity contribution >= 4 is 22.7 Å². The highest BCUT2D eigenvalue weighted by Crippen LogP contribution is 2.20. The van der Waals surface area contributed by atoms with Gasteiger partial charge < -0.3 is 14.8 Å². The summed E-state index contributed by atoms with van der Waals surface area (Å²) in [5.74, 6) is 0. The van der Waals surface area contributed by atoms with Crippen LogP contribution in [0.3, 0.4) is 0 Å². The van der Waals surface area contributed by atoms with Gasteiger partial charge in [0, 0.05) is 5.39 Å². The Labute approximate surface area is 111 Å². The van der Waals surface area contributed by atoms with E-state index in [1.165, 1.54) is 0 Å². The van der Waals surface area contributed by atoms with Gasteiger partial charge in [0.05, 0.1) is 5.52 Å². The van der Waals surface area contributed by atoms with Gasteiger partial charge in [-0.2, -0.15) is 9.50 Å². The highest BCUT2D eigenvalue weighted by Gasteiger charge is 2.14. The summed E-state index contributed by atoms with van der Waals surface area (Å²) in [6, 6.07) is 3.31. The third kappa shape index (κ3) is 1.78. The SMILES string of the molecule is Cc1cc2[nH]c(=O)n3nc(OC(=O)O)nc3c2cc1C. The number of hydrogen-bond acceptors (Lipinski definition) is 5. The molecule has 0 aliphatic heterocycles. The average Bonchev–Trinajstić information content (AvgIpc) is 2.76. The summed E-state index contributed by atoms with van der Waals surface area (Å²) >= 11 is 0. The predicted molar refractivity (Wildman–Crippen MR) is 69.2 cm³/mol. The Kier molecular flexibility index (Phi) is 2.46. The van der Waals surface area contributed by atoms with Crippen LogP contribution in [0, 0.1) is 13.8 Å². The molecule has 0 unspecified atom stereocenters. The first-order valence-corrected chi connectivity index (χ1v) is 5.76. The van der Waals surface area contributed by atoms with Gasteiger partial charge in [-0.25, -0.2) is 9.59 Å². The van der Waals surface area contributed by atoms with Crippen LogP contribution in [0.1, 0.15) is 11.1 Å². The summed E-state index contributed by atoms with van der Waals surface area (Å²) < 4.78 is 5.36. The molecule has 20 heavy (non-hydrogen) atoms. The zero-order valence-electron chi connectivity index (χ0n) is 10.7. The number of ether oxygens (including phenoxy) is 1. The number of fused-ring (bicyclic) bond motifs is 3. The quantitative estimate of drug-likeness (QED) is 0.646. The van der Waals surface area contributed by atoms with Crippen molar-refractivity contribution in [3.05, 3.63) is 33.7 Å². The monoisotopic (exact) mass is 274 g/mol. The van der Waals surface area contributed by atoms with Crippen LogP contribution in [-0.2, 0) is 0 Å². The van der Waals surface area contributed by atoms with Crippen LogP contribution in [-0.4, -0.2) is 30.8 Å². The van der Waals surface area contributed by atoms with Crippen molar-refractivity contribution in [3.63, 3.8) is 0 Å². The molecule has 0 atom stereocenters. The van der Waals surface area contributed by atoms with Crippen LogP contribution in [0.25, 0.3) is 16.6 Å². The molecule has 2 heterocycles. The van der Waals surface area contributed by atoms with E-state index < -0.39 is 11.8 Å². The van der Waals surface area contributed by atoms with Gasteiger partial charge in [-0.1, -0.05) is 0 Å². The third-order valence-electron chi connectivity index (χ3n) is 3.08. The Morgan fingerprint density at radius 3 is 2.75 bits per heavy atom. The van der Waals surface area contributed by atoms with Crippen molar-refractivity contribution in [2.24, 2.45) is 0 Å². The number of carboxylic acid groups (broad SMARTS) is 1. The maximum absolute atomic E-state index is 11.9. The lowest BCUT2D eigenvalue weighted by Crippen LogP contribution is -2.17. The van der Waals surface area contributed by atoms with Crippen LogP contribution < -0.4 is 10.4 Å². The number of aryl methyl sites for hydroxylation is 2. The molecule has 0 aliphatic carbocycles. The normalized spacial score (nSPS) is 11.1. The first kappa shape index (κ1) is 12.2. The van der Waals surface area contributed by atoms with Crippen molar-refractivity contribution in [1.82, 2.24) is 19.6 Å². The largest absolute Gasteiger partial charge is 0.513 e. The number of carbonyl (C=O) groups is 1. The molecule has 3 rings (SSSR count). The smallest absolute Gasteiger partial charge is 0.449 e. The Bertz CT molecular complexity index is 909. The lowest BCUT2D eigenvalue weighted by Gasteiger charge is -2.03. The molecular weight excluding hydrogens is 264 g/mol. The van der Waals surface area contributed by atoms with Gasteiger partial charge in [0.15, 0.2) is 5.65 Å². The minimum Gasteiger partial charge on any atom is -0.449 e. The highest BCUT2D eigenvalue weighted by atomic mass is 16.7. The lowest BCUT2D eigenvalue weighted by molar-refractivity contribution is 0.140. The number of aromatic nitrogens is 4. The molecule has 0 saturated carbocycles. The Morgan fingerprint density at radius 2 is 2.05 bits per heavy atom. The average molecular weight is 274 g/mol. The van der Waals surface area contributed by atoms with Gasteiger partial charge in [-0.15, -0.1) is 5.10 Å². The van der Waals surface area contributed by atoms with E-state index in [9.17, 15) is 9.59 Å². The van der Waals surface area contributed by atoms with E-state index in [1.54, 1.807) is 0 Å². The molecule has 102 valence electrons. The van der Waals surface area contributed by atoms with Crippen LogP contribution in [0.2, 0.25) is 0 Å². The molecule has 8 heteroatoms. The van der Waals surface area contributed by atoms with Crippen LogP contribution in [0.5, 0.6) is 6.01 Å². The standard InChI is InChI=1S/C12H10N4O4/c1-5-3-7-8(4-6(5)2)13-11(17)16-9(7)14-10(15-16)20-12(18)19/h3-4H,1-2H3,(H,13,17)(H,18,19). The maximum Gasteiger partial charge on any atom is 0.513 e. The first-order chi connectivity index (χ1) is 9.45. The minimum absolute atomic E-state index is 0.253. The van der Waals surface area contributed by atoms with Crippen molar-refractivity contribution < 1.29 is 14.6 Å². The Hall–Kier alpha value is -2.90. The third-order valence-corrected chi connectivity index (χ3v) is 3.08. The van der Waals surface area contributed by atoms with E-state index in [4.69, 9.17) is 5.11 Å². The molecule has 2 N–H and O–H groups in total. The van der Waals surface area contributed by atoms with Crippen LogP contribution >= 0.6 is 0 Å². The molecular formula is C12H10N4O4. The van der Waals surface area contributed by atoms with Gasteiger partial charge in [-0.3, -0.25) is 0 Å². The number of benzene rings is 1. The number of rotatable bonds is 1. The van der Waals surface area contributed by atoms with E-state index in [0.717, 1.165) is 15.6 Å². The summed E-state index contributed by atoms with van der Waals surface area (Å²) in [6.45, 7) is 3.86.